The molecule has 0 unspecified atom stereocenters. The van der Waals surface area contributed by atoms with Gasteiger partial charge in [0.25, 0.3) is 0 Å². The van der Waals surface area contributed by atoms with Crippen molar-refractivity contribution in [1.29, 1.82) is 0 Å². The van der Waals surface area contributed by atoms with Crippen LogP contribution in [0.5, 0.6) is 0 Å². The molecule has 0 radical (unpaired) electrons. The molecule has 39 heavy (non-hydrogen) atoms. The Balaban J connectivity index is 1.19. The number of aromatic amines is 1. The molecule has 6 rings (SSSR count). The van der Waals surface area contributed by atoms with Crippen LogP contribution < -0.4 is 5.73 Å². The Kier molecular flexibility index (Phi) is 6.83. The number of H-pyrrole nitrogens is 1. The molecule has 0 spiro atoms. The molecule has 0 saturated carbocycles. The van der Waals surface area contributed by atoms with Crippen LogP contribution >= 0.6 is 0 Å². The molecule has 1 aromatic carbocycles. The molecule has 1 aliphatic rings. The van der Waals surface area contributed by atoms with Crippen molar-refractivity contribution in [2.45, 2.75) is 19.4 Å². The third-order valence-electron chi connectivity index (χ3n) is 6.98. The second-order valence-corrected chi connectivity index (χ2v) is 9.84. The van der Waals surface area contributed by atoms with Crippen LogP contribution in [0.2, 0.25) is 0 Å². The molecule has 0 aliphatic carbocycles. The number of aromatic nitrogens is 5. The summed E-state index contributed by atoms with van der Waals surface area (Å²) >= 11 is 0. The van der Waals surface area contributed by atoms with Gasteiger partial charge >= 0.3 is 5.97 Å². The Labute approximate surface area is 226 Å². The molecule has 4 aromatic heterocycles. The van der Waals surface area contributed by atoms with Gasteiger partial charge in [0.05, 0.1) is 40.2 Å². The number of imidazole rings is 1. The van der Waals surface area contributed by atoms with Gasteiger partial charge in [-0.15, -0.1) is 0 Å². The minimum absolute atomic E-state index is 0.215. The second kappa shape index (κ2) is 10.7. The highest BCUT2D eigenvalue weighted by Crippen LogP contribution is 2.31. The summed E-state index contributed by atoms with van der Waals surface area (Å²) in [5.41, 5.74) is 13.2. The Morgan fingerprint density at radius 1 is 1.05 bits per heavy atom. The van der Waals surface area contributed by atoms with Crippen molar-refractivity contribution in [3.8, 4) is 33.9 Å². The fourth-order valence-electron chi connectivity index (χ4n) is 4.91. The topological polar surface area (TPSA) is 123 Å². The van der Waals surface area contributed by atoms with Gasteiger partial charge in [-0.1, -0.05) is 12.1 Å². The van der Waals surface area contributed by atoms with Crippen molar-refractivity contribution in [2.24, 2.45) is 5.73 Å². The lowest BCUT2D eigenvalue weighted by Crippen LogP contribution is -2.29. The first-order valence-electron chi connectivity index (χ1n) is 13.0. The first kappa shape index (κ1) is 24.8. The number of aryl methyl sites for hydroxylation is 1. The largest absolute Gasteiger partial charge is 0.461 e. The molecule has 9 heteroatoms. The maximum Gasteiger partial charge on any atom is 0.339 e. The van der Waals surface area contributed by atoms with Gasteiger partial charge in [0.1, 0.15) is 6.61 Å². The van der Waals surface area contributed by atoms with Gasteiger partial charge < -0.3 is 15.5 Å². The molecule has 5 heterocycles. The zero-order valence-corrected chi connectivity index (χ0v) is 21.7. The van der Waals surface area contributed by atoms with Crippen molar-refractivity contribution in [3.05, 3.63) is 84.6 Å². The molecule has 0 bridgehead atoms. The number of rotatable bonds is 7. The van der Waals surface area contributed by atoms with Crippen molar-refractivity contribution in [2.75, 3.05) is 26.2 Å². The highest BCUT2D eigenvalue weighted by molar-refractivity contribution is 5.91. The van der Waals surface area contributed by atoms with Crippen molar-refractivity contribution in [1.82, 2.24) is 29.8 Å². The van der Waals surface area contributed by atoms with E-state index in [1.165, 1.54) is 0 Å². The first-order chi connectivity index (χ1) is 19.0. The van der Waals surface area contributed by atoms with E-state index in [1.807, 2.05) is 49.4 Å². The lowest BCUT2D eigenvalue weighted by Gasteiger charge is -2.14. The van der Waals surface area contributed by atoms with Crippen LogP contribution in [0.1, 0.15) is 22.5 Å². The van der Waals surface area contributed by atoms with E-state index >= 15 is 0 Å². The van der Waals surface area contributed by atoms with Crippen molar-refractivity contribution in [3.63, 3.8) is 0 Å². The minimum atomic E-state index is -0.378. The molecule has 196 valence electrons. The predicted octanol–water partition coefficient (Wildman–Crippen LogP) is 4.25. The smallest absolute Gasteiger partial charge is 0.339 e. The predicted molar refractivity (Wildman–Crippen MR) is 150 cm³/mol. The second-order valence-electron chi connectivity index (χ2n) is 9.84. The number of likely N-dealkylation sites (tertiary alicyclic amines) is 1. The van der Waals surface area contributed by atoms with Gasteiger partial charge in [0.15, 0.2) is 0 Å². The SMILES string of the molecule is Cc1cccc(-c2[nH]cnc2-c2ccc3ncc(-c4ccc(C(=O)OCCN5CC[C@@H](N)C5)cn4)cc3c2)n1. The number of carbonyl (C=O) groups excluding carboxylic acids is 1. The van der Waals surface area contributed by atoms with E-state index in [2.05, 4.69) is 35.9 Å². The maximum atomic E-state index is 12.5. The van der Waals surface area contributed by atoms with E-state index in [4.69, 9.17) is 10.5 Å². The fraction of sp³-hybridized carbons (Fsp3) is 0.233. The summed E-state index contributed by atoms with van der Waals surface area (Å²) < 4.78 is 5.44. The summed E-state index contributed by atoms with van der Waals surface area (Å²) in [5, 5.41) is 0.961. The van der Waals surface area contributed by atoms with Crippen LogP contribution in [0.25, 0.3) is 44.8 Å². The third-order valence-corrected chi connectivity index (χ3v) is 6.98. The molecule has 1 aliphatic heterocycles. The number of fused-ring (bicyclic) bond motifs is 1. The van der Waals surface area contributed by atoms with Gasteiger partial charge in [-0.3, -0.25) is 19.9 Å². The zero-order valence-electron chi connectivity index (χ0n) is 21.7. The van der Waals surface area contributed by atoms with E-state index < -0.39 is 0 Å². The molecule has 3 N–H and O–H groups in total. The van der Waals surface area contributed by atoms with Gasteiger partial charge in [0.2, 0.25) is 0 Å². The Morgan fingerprint density at radius 3 is 2.74 bits per heavy atom. The number of benzene rings is 1. The summed E-state index contributed by atoms with van der Waals surface area (Å²) in [7, 11) is 0. The number of pyridine rings is 3. The average molecular weight is 520 g/mol. The highest BCUT2D eigenvalue weighted by Gasteiger charge is 2.19. The number of esters is 1. The molecular formula is C30H29N7O2. The van der Waals surface area contributed by atoms with Gasteiger partial charge in [-0.2, -0.15) is 0 Å². The van der Waals surface area contributed by atoms with Crippen molar-refractivity contribution >= 4 is 16.9 Å². The Morgan fingerprint density at radius 2 is 1.95 bits per heavy atom. The van der Waals surface area contributed by atoms with E-state index in [0.29, 0.717) is 18.7 Å². The number of carbonyl (C=O) groups is 1. The van der Waals surface area contributed by atoms with Crippen LogP contribution in [0.4, 0.5) is 0 Å². The van der Waals surface area contributed by atoms with Crippen LogP contribution in [-0.4, -0.2) is 68.1 Å². The summed E-state index contributed by atoms with van der Waals surface area (Å²) in [4.78, 5) is 36.3. The van der Waals surface area contributed by atoms with E-state index in [-0.39, 0.29) is 12.0 Å². The lowest BCUT2D eigenvalue weighted by molar-refractivity contribution is 0.0471. The summed E-state index contributed by atoms with van der Waals surface area (Å²) in [5.74, 6) is -0.378. The van der Waals surface area contributed by atoms with E-state index in [9.17, 15) is 4.79 Å². The lowest BCUT2D eigenvalue weighted by atomic mass is 10.0. The number of hydrogen-bond donors (Lipinski definition) is 2. The van der Waals surface area contributed by atoms with Gasteiger partial charge in [0, 0.05) is 53.7 Å². The van der Waals surface area contributed by atoms with Crippen LogP contribution in [0, 0.1) is 6.92 Å². The van der Waals surface area contributed by atoms with E-state index in [0.717, 1.165) is 70.0 Å². The van der Waals surface area contributed by atoms with E-state index in [1.54, 1.807) is 24.8 Å². The highest BCUT2D eigenvalue weighted by atomic mass is 16.5. The summed E-state index contributed by atoms with van der Waals surface area (Å²) in [6, 6.07) is 17.8. The van der Waals surface area contributed by atoms with Crippen LogP contribution in [0.3, 0.4) is 0 Å². The maximum absolute atomic E-state index is 12.5. The monoisotopic (exact) mass is 519 g/mol. The molecule has 1 fully saturated rings. The standard InChI is InChI=1S/C30H29N7O2/c1-19-3-2-4-27(36-19)29-28(34-18-35-29)20-5-7-25-22(13-20)14-23(16-33-25)26-8-6-21(15-32-26)30(38)39-12-11-37-10-9-24(31)17-37/h2-8,13-16,18,24H,9-12,17,31H2,1H3,(H,34,35)/t24-/m1/s1. The summed E-state index contributed by atoms with van der Waals surface area (Å²) in [6.07, 6.45) is 6.01. The molecule has 1 atom stereocenters. The molecule has 9 nitrogen and oxygen atoms in total. The number of nitrogens with one attached hydrogen (secondary N) is 1. The quantitative estimate of drug-likeness (QED) is 0.306. The number of hydrogen-bond acceptors (Lipinski definition) is 8. The number of nitrogens with zero attached hydrogens (tertiary/aromatic N) is 5. The van der Waals surface area contributed by atoms with Gasteiger partial charge in [-0.25, -0.2) is 9.78 Å². The molecular weight excluding hydrogens is 490 g/mol. The fourth-order valence-corrected chi connectivity index (χ4v) is 4.91. The molecule has 1 saturated heterocycles. The summed E-state index contributed by atoms with van der Waals surface area (Å²) in [6.45, 7) is 4.79. The minimum Gasteiger partial charge on any atom is -0.461 e. The Bertz CT molecular complexity index is 1630. The van der Waals surface area contributed by atoms with Crippen molar-refractivity contribution < 1.29 is 9.53 Å². The normalized spacial score (nSPS) is 15.6. The number of nitrogens with two attached hydrogens (primary N) is 1. The molecule has 5 aromatic rings. The third kappa shape index (κ3) is 5.41. The Hall–Kier alpha value is -4.47. The van der Waals surface area contributed by atoms with Crippen LogP contribution in [-0.2, 0) is 4.74 Å². The van der Waals surface area contributed by atoms with Gasteiger partial charge in [-0.05, 0) is 62.4 Å². The zero-order chi connectivity index (χ0) is 26.8. The first-order valence-corrected chi connectivity index (χ1v) is 13.0. The average Bonchev–Trinajstić information content (AvgIpc) is 3.62. The van der Waals surface area contributed by atoms with Crippen LogP contribution in [0.15, 0.2) is 73.3 Å². The number of ether oxygens (including phenoxy) is 1. The molecule has 0 amide bonds.